The van der Waals surface area contributed by atoms with Crippen LogP contribution in [0.4, 0.5) is 0 Å². The molecule has 0 amide bonds. The molecule has 0 unspecified atom stereocenters. The highest BCUT2D eigenvalue weighted by Gasteiger charge is 2.20. The number of aromatic nitrogens is 1. The summed E-state index contributed by atoms with van der Waals surface area (Å²) >= 11 is 0. The van der Waals surface area contributed by atoms with E-state index in [0.29, 0.717) is 0 Å². The van der Waals surface area contributed by atoms with Crippen LogP contribution in [0, 0.1) is 0 Å². The van der Waals surface area contributed by atoms with Crippen molar-refractivity contribution in [3.05, 3.63) is 35.5 Å². The van der Waals surface area contributed by atoms with Crippen LogP contribution in [-0.4, -0.2) is 60.6 Å². The number of para-hydroxylation sites is 1. The lowest BCUT2D eigenvalue weighted by atomic mass is 10.0. The Kier molecular flexibility index (Phi) is 7.38. The first kappa shape index (κ1) is 19.5. The molecule has 1 aromatic heterocycles. The molecular weight excluding hydrogens is 343 g/mol. The van der Waals surface area contributed by atoms with Crippen LogP contribution in [0.2, 0.25) is 0 Å². The van der Waals surface area contributed by atoms with Crippen LogP contribution < -0.4 is 5.32 Å². The third-order valence-electron chi connectivity index (χ3n) is 5.12. The zero-order valence-electron chi connectivity index (χ0n) is 14.1. The smallest absolute Gasteiger partial charge is 0.0459 e. The second-order valence-corrected chi connectivity index (χ2v) is 6.60. The first-order valence-electron chi connectivity index (χ1n) is 8.64. The van der Waals surface area contributed by atoms with Crippen molar-refractivity contribution in [3.63, 3.8) is 0 Å². The first-order chi connectivity index (χ1) is 10.9. The van der Waals surface area contributed by atoms with Crippen molar-refractivity contribution in [3.8, 4) is 0 Å². The van der Waals surface area contributed by atoms with Crippen LogP contribution in [0.25, 0.3) is 10.9 Å². The van der Waals surface area contributed by atoms with Gasteiger partial charge in [-0.05, 0) is 37.6 Å². The minimum Gasteiger partial charge on any atom is -0.357 e. The van der Waals surface area contributed by atoms with Crippen molar-refractivity contribution in [2.75, 3.05) is 45.8 Å². The molecule has 3 heterocycles. The van der Waals surface area contributed by atoms with E-state index in [2.05, 4.69) is 44.4 Å². The van der Waals surface area contributed by atoms with Crippen LogP contribution in [0.3, 0.4) is 0 Å². The average molecular weight is 371 g/mol. The molecule has 134 valence electrons. The Balaban J connectivity index is 0.00000104. The Bertz CT molecular complexity index is 637. The maximum atomic E-state index is 3.63. The number of hydrogen-bond donors (Lipinski definition) is 2. The second kappa shape index (κ2) is 9.07. The van der Waals surface area contributed by atoms with E-state index in [1.807, 2.05) is 0 Å². The van der Waals surface area contributed by atoms with Gasteiger partial charge in [-0.1, -0.05) is 18.2 Å². The topological polar surface area (TPSA) is 34.3 Å². The minimum atomic E-state index is 0. The molecule has 0 bridgehead atoms. The van der Waals surface area contributed by atoms with Gasteiger partial charge in [0.25, 0.3) is 0 Å². The maximum Gasteiger partial charge on any atom is 0.0459 e. The fraction of sp³-hybridized carbons (Fsp3) is 0.556. The summed E-state index contributed by atoms with van der Waals surface area (Å²) in [6, 6.07) is 8.72. The van der Waals surface area contributed by atoms with Gasteiger partial charge in [0.05, 0.1) is 0 Å². The summed E-state index contributed by atoms with van der Waals surface area (Å²) < 4.78 is 0. The van der Waals surface area contributed by atoms with Crippen molar-refractivity contribution in [2.24, 2.45) is 0 Å². The first-order valence-corrected chi connectivity index (χ1v) is 8.64. The molecule has 6 heteroatoms. The summed E-state index contributed by atoms with van der Waals surface area (Å²) in [5, 5.41) is 4.85. The van der Waals surface area contributed by atoms with Crippen molar-refractivity contribution >= 4 is 35.7 Å². The Morgan fingerprint density at radius 2 is 1.67 bits per heavy atom. The van der Waals surface area contributed by atoms with E-state index >= 15 is 0 Å². The molecule has 4 nitrogen and oxygen atoms in total. The van der Waals surface area contributed by atoms with Crippen LogP contribution in [0.1, 0.15) is 17.7 Å². The fourth-order valence-electron chi connectivity index (χ4n) is 3.89. The van der Waals surface area contributed by atoms with E-state index in [1.165, 1.54) is 62.2 Å². The number of piperazine rings is 1. The summed E-state index contributed by atoms with van der Waals surface area (Å²) in [5.41, 5.74) is 4.29. The Morgan fingerprint density at radius 3 is 2.50 bits per heavy atom. The molecule has 2 aliphatic heterocycles. The summed E-state index contributed by atoms with van der Waals surface area (Å²) in [7, 11) is 0. The van der Waals surface area contributed by atoms with Gasteiger partial charge >= 0.3 is 0 Å². The zero-order chi connectivity index (χ0) is 14.8. The van der Waals surface area contributed by atoms with Crippen molar-refractivity contribution in [1.82, 2.24) is 20.1 Å². The average Bonchev–Trinajstić information content (AvgIpc) is 2.93. The van der Waals surface area contributed by atoms with Crippen molar-refractivity contribution < 1.29 is 0 Å². The van der Waals surface area contributed by atoms with E-state index in [1.54, 1.807) is 5.56 Å². The van der Waals surface area contributed by atoms with Crippen LogP contribution >= 0.6 is 24.8 Å². The molecule has 0 atom stereocenters. The summed E-state index contributed by atoms with van der Waals surface area (Å²) in [6.07, 6.45) is 2.47. The molecule has 0 saturated carbocycles. The van der Waals surface area contributed by atoms with Gasteiger partial charge in [0.2, 0.25) is 0 Å². The third kappa shape index (κ3) is 4.24. The minimum absolute atomic E-state index is 0. The number of nitrogens with zero attached hydrogens (tertiary/aromatic N) is 2. The van der Waals surface area contributed by atoms with Crippen LogP contribution in [0.15, 0.2) is 24.3 Å². The maximum absolute atomic E-state index is 3.63. The predicted molar refractivity (Wildman–Crippen MR) is 106 cm³/mol. The van der Waals surface area contributed by atoms with E-state index in [-0.39, 0.29) is 24.8 Å². The highest BCUT2D eigenvalue weighted by molar-refractivity contribution is 5.86. The highest BCUT2D eigenvalue weighted by atomic mass is 35.5. The number of halogens is 2. The quantitative estimate of drug-likeness (QED) is 0.867. The Hall–Kier alpha value is -0.780. The van der Waals surface area contributed by atoms with Gasteiger partial charge < -0.3 is 15.2 Å². The van der Waals surface area contributed by atoms with E-state index in [9.17, 15) is 0 Å². The number of benzene rings is 1. The predicted octanol–water partition coefficient (Wildman–Crippen LogP) is 2.66. The van der Waals surface area contributed by atoms with Gasteiger partial charge in [0, 0.05) is 55.9 Å². The van der Waals surface area contributed by atoms with Gasteiger partial charge in [-0.3, -0.25) is 4.90 Å². The number of hydrogen-bond acceptors (Lipinski definition) is 3. The fourth-order valence-corrected chi connectivity index (χ4v) is 3.89. The zero-order valence-corrected chi connectivity index (χ0v) is 15.7. The van der Waals surface area contributed by atoms with Gasteiger partial charge in [-0.25, -0.2) is 0 Å². The molecule has 0 radical (unpaired) electrons. The largest absolute Gasteiger partial charge is 0.357 e. The number of nitrogens with one attached hydrogen (secondary N) is 2. The molecule has 1 aromatic carbocycles. The lowest BCUT2D eigenvalue weighted by Gasteiger charge is -2.30. The van der Waals surface area contributed by atoms with Crippen molar-refractivity contribution in [2.45, 2.75) is 19.4 Å². The standard InChI is InChI=1S/C18H26N4.2ClH/c1-2-5-17-15(4-1)16-6-11-22(14-18(16)20-17)10-3-9-21-12-7-19-8-13-21;;/h1-2,4-5,19-20H,3,6-14H2;2*1H. The van der Waals surface area contributed by atoms with E-state index < -0.39 is 0 Å². The Morgan fingerprint density at radius 1 is 0.917 bits per heavy atom. The molecule has 4 rings (SSSR count). The van der Waals surface area contributed by atoms with Crippen LogP contribution in [-0.2, 0) is 13.0 Å². The molecule has 2 aromatic rings. The van der Waals surface area contributed by atoms with Gasteiger partial charge in [-0.15, -0.1) is 24.8 Å². The lowest BCUT2D eigenvalue weighted by Crippen LogP contribution is -2.44. The normalized spacial score (nSPS) is 18.7. The molecule has 24 heavy (non-hydrogen) atoms. The number of fused-ring (bicyclic) bond motifs is 3. The SMILES string of the molecule is Cl.Cl.c1ccc2c3c([nH]c2c1)CN(CCCN1CCNCC1)CC3. The summed E-state index contributed by atoms with van der Waals surface area (Å²) in [4.78, 5) is 8.83. The molecule has 0 spiro atoms. The molecular formula is C18H28Cl2N4. The van der Waals surface area contributed by atoms with Crippen LogP contribution in [0.5, 0.6) is 0 Å². The molecule has 1 fully saturated rings. The van der Waals surface area contributed by atoms with E-state index in [0.717, 1.165) is 19.6 Å². The molecule has 2 N–H and O–H groups in total. The number of H-pyrrole nitrogens is 1. The van der Waals surface area contributed by atoms with E-state index in [4.69, 9.17) is 0 Å². The highest BCUT2D eigenvalue weighted by Crippen LogP contribution is 2.27. The lowest BCUT2D eigenvalue weighted by molar-refractivity contribution is 0.202. The van der Waals surface area contributed by atoms with Crippen molar-refractivity contribution in [1.29, 1.82) is 0 Å². The van der Waals surface area contributed by atoms with Gasteiger partial charge in [0.15, 0.2) is 0 Å². The molecule has 1 saturated heterocycles. The number of aromatic amines is 1. The summed E-state index contributed by atoms with van der Waals surface area (Å²) in [6.45, 7) is 9.50. The third-order valence-corrected chi connectivity index (χ3v) is 5.12. The van der Waals surface area contributed by atoms with Gasteiger partial charge in [-0.2, -0.15) is 0 Å². The monoisotopic (exact) mass is 370 g/mol. The summed E-state index contributed by atoms with van der Waals surface area (Å²) in [5.74, 6) is 0. The van der Waals surface area contributed by atoms with Gasteiger partial charge in [0.1, 0.15) is 0 Å². The molecule has 2 aliphatic rings. The second-order valence-electron chi connectivity index (χ2n) is 6.60. The molecule has 0 aliphatic carbocycles. The Labute approximate surface area is 156 Å². The number of rotatable bonds is 4.